The first-order valence-corrected chi connectivity index (χ1v) is 8.18. The number of hydrogen-bond donors (Lipinski definition) is 1. The molecule has 0 aliphatic rings. The number of nitrogens with one attached hydrogen (secondary N) is 1. The molecule has 1 heterocycles. The number of ether oxygens (including phenoxy) is 1. The average molecular weight is 356 g/mol. The second-order valence-electron chi connectivity index (χ2n) is 5.61. The lowest BCUT2D eigenvalue weighted by molar-refractivity contribution is 0.102. The summed E-state index contributed by atoms with van der Waals surface area (Å²) in [5.41, 5.74) is 2.50. The number of amides is 1. The van der Waals surface area contributed by atoms with Crippen molar-refractivity contribution in [3.8, 4) is 5.75 Å². The van der Waals surface area contributed by atoms with Gasteiger partial charge in [-0.25, -0.2) is 0 Å². The molecule has 0 radical (unpaired) electrons. The maximum absolute atomic E-state index is 12.5. The van der Waals surface area contributed by atoms with Crippen LogP contribution >= 0.6 is 11.6 Å². The van der Waals surface area contributed by atoms with E-state index in [1.54, 1.807) is 18.2 Å². The van der Waals surface area contributed by atoms with Crippen LogP contribution in [0.15, 0.2) is 54.6 Å². The molecule has 0 aliphatic heterocycles. The Morgan fingerprint density at radius 2 is 1.92 bits per heavy atom. The van der Waals surface area contributed by atoms with Crippen LogP contribution in [-0.2, 0) is 6.54 Å². The van der Waals surface area contributed by atoms with E-state index in [9.17, 15) is 4.79 Å². The number of nitrogens with zero attached hydrogens (tertiary/aromatic N) is 2. The van der Waals surface area contributed by atoms with E-state index in [2.05, 4.69) is 10.4 Å². The lowest BCUT2D eigenvalue weighted by Crippen LogP contribution is -2.14. The van der Waals surface area contributed by atoms with E-state index >= 15 is 0 Å². The molecule has 0 unspecified atom stereocenters. The van der Waals surface area contributed by atoms with Crippen LogP contribution in [-0.4, -0.2) is 22.8 Å². The first-order valence-electron chi connectivity index (χ1n) is 7.80. The van der Waals surface area contributed by atoms with Crippen LogP contribution in [0.4, 0.5) is 5.82 Å². The van der Waals surface area contributed by atoms with Gasteiger partial charge in [-0.3, -0.25) is 9.48 Å². The smallest absolute Gasteiger partial charge is 0.260 e. The molecule has 5 nitrogen and oxygen atoms in total. The summed E-state index contributed by atoms with van der Waals surface area (Å²) >= 11 is 5.91. The fraction of sp³-hybridized carbons (Fsp3) is 0.158. The number of halogens is 1. The van der Waals surface area contributed by atoms with Gasteiger partial charge in [-0.05, 0) is 36.8 Å². The van der Waals surface area contributed by atoms with Crippen LogP contribution in [0.5, 0.6) is 5.75 Å². The highest BCUT2D eigenvalue weighted by Gasteiger charge is 2.14. The standard InChI is InChI=1S/C19H18ClN3O2/c1-13-11-18(21-19(24)16-5-3-4-6-17(16)25-2)22-23(13)12-14-7-9-15(20)10-8-14/h3-11H,12H2,1-2H3,(H,21,22,24). The van der Waals surface area contributed by atoms with Crippen molar-refractivity contribution in [1.29, 1.82) is 0 Å². The third-order valence-electron chi connectivity index (χ3n) is 3.82. The van der Waals surface area contributed by atoms with Crippen molar-refractivity contribution in [2.45, 2.75) is 13.5 Å². The van der Waals surface area contributed by atoms with Crippen LogP contribution in [0.1, 0.15) is 21.6 Å². The molecule has 1 N–H and O–H groups in total. The number of aryl methyl sites for hydroxylation is 1. The lowest BCUT2D eigenvalue weighted by atomic mass is 10.2. The maximum atomic E-state index is 12.5. The molecular weight excluding hydrogens is 338 g/mol. The number of hydrogen-bond acceptors (Lipinski definition) is 3. The molecule has 1 aromatic heterocycles. The summed E-state index contributed by atoms with van der Waals surface area (Å²) in [4.78, 5) is 12.5. The second-order valence-corrected chi connectivity index (χ2v) is 6.05. The van der Waals surface area contributed by atoms with Gasteiger partial charge in [0.1, 0.15) is 5.75 Å². The molecule has 1 amide bonds. The summed E-state index contributed by atoms with van der Waals surface area (Å²) < 4.78 is 7.06. The Labute approximate surface area is 151 Å². The van der Waals surface area contributed by atoms with Gasteiger partial charge in [0.15, 0.2) is 5.82 Å². The summed E-state index contributed by atoms with van der Waals surface area (Å²) in [5.74, 6) is 0.772. The molecule has 0 saturated heterocycles. The van der Waals surface area contributed by atoms with Crippen molar-refractivity contribution >= 4 is 23.3 Å². The first kappa shape index (κ1) is 17.0. The Morgan fingerprint density at radius 3 is 2.64 bits per heavy atom. The highest BCUT2D eigenvalue weighted by atomic mass is 35.5. The zero-order valence-corrected chi connectivity index (χ0v) is 14.7. The van der Waals surface area contributed by atoms with E-state index in [4.69, 9.17) is 16.3 Å². The minimum Gasteiger partial charge on any atom is -0.496 e. The number of para-hydroxylation sites is 1. The van der Waals surface area contributed by atoms with Crippen LogP contribution in [0.25, 0.3) is 0 Å². The Balaban J connectivity index is 1.76. The monoisotopic (exact) mass is 355 g/mol. The highest BCUT2D eigenvalue weighted by molar-refractivity contribution is 6.30. The van der Waals surface area contributed by atoms with Gasteiger partial charge >= 0.3 is 0 Å². The molecule has 128 valence electrons. The number of anilines is 1. The molecule has 2 aromatic carbocycles. The molecular formula is C19H18ClN3O2. The van der Waals surface area contributed by atoms with Gasteiger partial charge in [0.2, 0.25) is 0 Å². The number of rotatable bonds is 5. The van der Waals surface area contributed by atoms with Gasteiger partial charge in [0.25, 0.3) is 5.91 Å². The third-order valence-corrected chi connectivity index (χ3v) is 4.07. The van der Waals surface area contributed by atoms with E-state index in [1.807, 2.05) is 48.0 Å². The average Bonchev–Trinajstić information content (AvgIpc) is 2.96. The number of aromatic nitrogens is 2. The van der Waals surface area contributed by atoms with E-state index in [1.165, 1.54) is 7.11 Å². The van der Waals surface area contributed by atoms with Crippen LogP contribution in [0.2, 0.25) is 5.02 Å². The Bertz CT molecular complexity index is 888. The summed E-state index contributed by atoms with van der Waals surface area (Å²) in [5, 5.41) is 7.98. The zero-order valence-electron chi connectivity index (χ0n) is 14.0. The van der Waals surface area contributed by atoms with E-state index < -0.39 is 0 Å². The quantitative estimate of drug-likeness (QED) is 0.747. The topological polar surface area (TPSA) is 56.1 Å². The van der Waals surface area contributed by atoms with Gasteiger partial charge < -0.3 is 10.1 Å². The summed E-state index contributed by atoms with van der Waals surface area (Å²) in [6.07, 6.45) is 0. The van der Waals surface area contributed by atoms with Gasteiger partial charge in [-0.2, -0.15) is 5.10 Å². The molecule has 0 saturated carbocycles. The normalized spacial score (nSPS) is 10.5. The number of methoxy groups -OCH3 is 1. The van der Waals surface area contributed by atoms with Crippen molar-refractivity contribution in [2.24, 2.45) is 0 Å². The van der Waals surface area contributed by atoms with E-state index in [0.717, 1.165) is 11.3 Å². The van der Waals surface area contributed by atoms with Gasteiger partial charge in [0.05, 0.1) is 19.2 Å². The number of carbonyl (C=O) groups is 1. The predicted octanol–water partition coefficient (Wildman–Crippen LogP) is 4.15. The Kier molecular flexibility index (Phi) is 5.05. The van der Waals surface area contributed by atoms with Crippen LogP contribution in [0, 0.1) is 6.92 Å². The molecule has 6 heteroatoms. The summed E-state index contributed by atoms with van der Waals surface area (Å²) in [6.45, 7) is 2.55. The largest absolute Gasteiger partial charge is 0.496 e. The van der Waals surface area contributed by atoms with Gasteiger partial charge in [0, 0.05) is 16.8 Å². The minimum absolute atomic E-state index is 0.256. The second kappa shape index (κ2) is 7.40. The molecule has 25 heavy (non-hydrogen) atoms. The van der Waals surface area contributed by atoms with Gasteiger partial charge in [-0.1, -0.05) is 35.9 Å². The van der Waals surface area contributed by atoms with Crippen LogP contribution < -0.4 is 10.1 Å². The van der Waals surface area contributed by atoms with Crippen LogP contribution in [0.3, 0.4) is 0 Å². The zero-order chi connectivity index (χ0) is 17.8. The van der Waals surface area contributed by atoms with E-state index in [-0.39, 0.29) is 5.91 Å². The molecule has 0 fully saturated rings. The third kappa shape index (κ3) is 4.00. The Morgan fingerprint density at radius 1 is 1.20 bits per heavy atom. The fourth-order valence-electron chi connectivity index (χ4n) is 2.51. The van der Waals surface area contributed by atoms with Crippen molar-refractivity contribution in [1.82, 2.24) is 9.78 Å². The minimum atomic E-state index is -0.256. The fourth-order valence-corrected chi connectivity index (χ4v) is 2.64. The van der Waals surface area contributed by atoms with Crippen molar-refractivity contribution in [3.05, 3.63) is 76.4 Å². The Hall–Kier alpha value is -2.79. The molecule has 0 atom stereocenters. The first-order chi connectivity index (χ1) is 12.1. The van der Waals surface area contributed by atoms with Crippen molar-refractivity contribution in [2.75, 3.05) is 12.4 Å². The summed E-state index contributed by atoms with van der Waals surface area (Å²) in [7, 11) is 1.54. The molecule has 3 aromatic rings. The molecule has 3 rings (SSSR count). The molecule has 0 bridgehead atoms. The summed E-state index contributed by atoms with van der Waals surface area (Å²) in [6, 6.07) is 16.5. The predicted molar refractivity (Wildman–Crippen MR) is 98.5 cm³/mol. The van der Waals surface area contributed by atoms with Gasteiger partial charge in [-0.15, -0.1) is 0 Å². The highest BCUT2D eigenvalue weighted by Crippen LogP contribution is 2.19. The SMILES string of the molecule is COc1ccccc1C(=O)Nc1cc(C)n(Cc2ccc(Cl)cc2)n1. The van der Waals surface area contributed by atoms with Crippen molar-refractivity contribution < 1.29 is 9.53 Å². The molecule has 0 aliphatic carbocycles. The lowest BCUT2D eigenvalue weighted by Gasteiger charge is -2.07. The number of carbonyl (C=O) groups excluding carboxylic acids is 1. The van der Waals surface area contributed by atoms with E-state index in [0.29, 0.717) is 28.7 Å². The van der Waals surface area contributed by atoms with Crippen molar-refractivity contribution in [3.63, 3.8) is 0 Å². The number of benzene rings is 2. The molecule has 0 spiro atoms. The maximum Gasteiger partial charge on any atom is 0.260 e.